The number of nitrogens with zero attached hydrogens (tertiary/aromatic N) is 1. The Hall–Kier alpha value is -2.69. The van der Waals surface area contributed by atoms with E-state index in [-0.39, 0.29) is 0 Å². The molecule has 0 aliphatic carbocycles. The zero-order valence-electron chi connectivity index (χ0n) is 13.8. The molecule has 5 heteroatoms. The first-order valence-electron chi connectivity index (χ1n) is 7.92. The van der Waals surface area contributed by atoms with Gasteiger partial charge in [-0.2, -0.15) is 13.2 Å². The average molecular weight is 345 g/mol. The quantitative estimate of drug-likeness (QED) is 0.602. The summed E-state index contributed by atoms with van der Waals surface area (Å²) in [5, 5.41) is 0. The van der Waals surface area contributed by atoms with Crippen molar-refractivity contribution in [2.24, 2.45) is 0 Å². The van der Waals surface area contributed by atoms with Crippen LogP contribution in [0.25, 0.3) is 11.1 Å². The van der Waals surface area contributed by atoms with E-state index in [4.69, 9.17) is 4.74 Å². The molecule has 0 unspecified atom stereocenters. The molecule has 0 aliphatic rings. The van der Waals surface area contributed by atoms with Gasteiger partial charge in [-0.3, -0.25) is 0 Å². The van der Waals surface area contributed by atoms with Crippen LogP contribution < -0.4 is 4.74 Å². The number of hydrogen-bond donors (Lipinski definition) is 0. The molecule has 0 bridgehead atoms. The third-order valence-corrected chi connectivity index (χ3v) is 4.13. The summed E-state index contributed by atoms with van der Waals surface area (Å²) in [7, 11) is 1.62. The van der Waals surface area contributed by atoms with Gasteiger partial charge in [0.1, 0.15) is 5.75 Å². The predicted molar refractivity (Wildman–Crippen MR) is 91.6 cm³/mol. The fraction of sp³-hybridized carbons (Fsp3) is 0.200. The zero-order chi connectivity index (χ0) is 17.9. The molecule has 2 aromatic carbocycles. The Morgan fingerprint density at radius 3 is 2.16 bits per heavy atom. The second-order valence-electron chi connectivity index (χ2n) is 5.77. The van der Waals surface area contributed by atoms with Gasteiger partial charge in [-0.05, 0) is 59.5 Å². The fourth-order valence-electron chi connectivity index (χ4n) is 2.77. The summed E-state index contributed by atoms with van der Waals surface area (Å²) in [6.07, 6.45) is 0.436. The Morgan fingerprint density at radius 1 is 0.920 bits per heavy atom. The van der Waals surface area contributed by atoms with Crippen molar-refractivity contribution in [2.75, 3.05) is 7.11 Å². The topological polar surface area (TPSA) is 14.2 Å². The number of aryl methyl sites for hydroxylation is 2. The van der Waals surface area contributed by atoms with Gasteiger partial charge in [0.15, 0.2) is 0 Å². The number of benzene rings is 2. The number of halogens is 3. The van der Waals surface area contributed by atoms with Crippen molar-refractivity contribution in [1.82, 2.24) is 4.57 Å². The molecule has 0 saturated carbocycles. The number of rotatable bonds is 5. The lowest BCUT2D eigenvalue weighted by Gasteiger charge is -2.12. The molecule has 0 fully saturated rings. The van der Waals surface area contributed by atoms with Gasteiger partial charge in [0.25, 0.3) is 0 Å². The van der Waals surface area contributed by atoms with Gasteiger partial charge in [0.05, 0.1) is 12.7 Å². The van der Waals surface area contributed by atoms with E-state index in [1.165, 1.54) is 12.1 Å². The highest BCUT2D eigenvalue weighted by Crippen LogP contribution is 2.32. The lowest BCUT2D eigenvalue weighted by Crippen LogP contribution is -2.04. The molecule has 3 rings (SSSR count). The van der Waals surface area contributed by atoms with Gasteiger partial charge in [0.2, 0.25) is 0 Å². The molecule has 1 aromatic heterocycles. The summed E-state index contributed by atoms with van der Waals surface area (Å²) < 4.78 is 45.6. The van der Waals surface area contributed by atoms with E-state index in [1.54, 1.807) is 7.11 Å². The number of aromatic nitrogens is 1. The Balaban J connectivity index is 1.85. The number of methoxy groups -OCH3 is 1. The normalized spacial score (nSPS) is 11.5. The third kappa shape index (κ3) is 4.05. The predicted octanol–water partition coefficient (Wildman–Crippen LogP) is 5.43. The monoisotopic (exact) mass is 345 g/mol. The maximum absolute atomic E-state index is 12.7. The van der Waals surface area contributed by atoms with Crippen LogP contribution in [0.3, 0.4) is 0 Å². The maximum atomic E-state index is 12.7. The SMILES string of the molecule is COc1ccc(-c2ccc(C(F)(F)F)cc2)cc1CCn1cccc1. The van der Waals surface area contributed by atoms with Crippen molar-refractivity contribution in [3.05, 3.63) is 78.1 Å². The molecule has 0 N–H and O–H groups in total. The Kier molecular flexibility index (Phi) is 4.83. The van der Waals surface area contributed by atoms with Crippen LogP contribution in [0.2, 0.25) is 0 Å². The Morgan fingerprint density at radius 2 is 1.56 bits per heavy atom. The molecule has 0 radical (unpaired) electrons. The number of alkyl halides is 3. The van der Waals surface area contributed by atoms with E-state index in [2.05, 4.69) is 4.57 Å². The van der Waals surface area contributed by atoms with E-state index in [0.29, 0.717) is 0 Å². The summed E-state index contributed by atoms with van der Waals surface area (Å²) in [4.78, 5) is 0. The first-order chi connectivity index (χ1) is 12.0. The minimum absolute atomic E-state index is 0.641. The molecule has 0 atom stereocenters. The molecular formula is C20H18F3NO. The molecular weight excluding hydrogens is 327 g/mol. The van der Waals surface area contributed by atoms with Crippen LogP contribution in [0.4, 0.5) is 13.2 Å². The summed E-state index contributed by atoms with van der Waals surface area (Å²) >= 11 is 0. The molecule has 130 valence electrons. The summed E-state index contributed by atoms with van der Waals surface area (Å²) in [5.74, 6) is 0.780. The van der Waals surface area contributed by atoms with Crippen LogP contribution in [-0.2, 0) is 19.1 Å². The van der Waals surface area contributed by atoms with Crippen molar-refractivity contribution >= 4 is 0 Å². The van der Waals surface area contributed by atoms with Gasteiger partial charge in [-0.25, -0.2) is 0 Å². The van der Waals surface area contributed by atoms with Gasteiger partial charge < -0.3 is 9.30 Å². The lowest BCUT2D eigenvalue weighted by atomic mass is 9.99. The largest absolute Gasteiger partial charge is 0.496 e. The van der Waals surface area contributed by atoms with Gasteiger partial charge in [-0.1, -0.05) is 18.2 Å². The highest BCUT2D eigenvalue weighted by atomic mass is 19.4. The number of ether oxygens (including phenoxy) is 1. The third-order valence-electron chi connectivity index (χ3n) is 4.13. The Bertz CT molecular complexity index is 821. The van der Waals surface area contributed by atoms with Crippen LogP contribution >= 0.6 is 0 Å². The summed E-state index contributed by atoms with van der Waals surface area (Å²) in [5.41, 5.74) is 2.00. The minimum atomic E-state index is -4.32. The Labute approximate surface area is 144 Å². The average Bonchev–Trinajstić information content (AvgIpc) is 3.12. The van der Waals surface area contributed by atoms with Crippen molar-refractivity contribution in [3.63, 3.8) is 0 Å². The highest BCUT2D eigenvalue weighted by molar-refractivity contribution is 5.66. The molecule has 0 saturated heterocycles. The second-order valence-corrected chi connectivity index (χ2v) is 5.77. The minimum Gasteiger partial charge on any atom is -0.496 e. The molecule has 25 heavy (non-hydrogen) atoms. The van der Waals surface area contributed by atoms with Crippen molar-refractivity contribution < 1.29 is 17.9 Å². The van der Waals surface area contributed by atoms with Crippen LogP contribution in [-0.4, -0.2) is 11.7 Å². The zero-order valence-corrected chi connectivity index (χ0v) is 13.8. The van der Waals surface area contributed by atoms with Crippen molar-refractivity contribution in [3.8, 4) is 16.9 Å². The molecule has 0 amide bonds. The van der Waals surface area contributed by atoms with Crippen LogP contribution in [0, 0.1) is 0 Å². The van der Waals surface area contributed by atoms with Gasteiger partial charge in [0, 0.05) is 18.9 Å². The summed E-state index contributed by atoms with van der Waals surface area (Å²) in [6.45, 7) is 0.805. The molecule has 2 nitrogen and oxygen atoms in total. The number of hydrogen-bond acceptors (Lipinski definition) is 1. The molecule has 1 heterocycles. The smallest absolute Gasteiger partial charge is 0.416 e. The molecule has 0 spiro atoms. The van der Waals surface area contributed by atoms with Crippen LogP contribution in [0.15, 0.2) is 67.0 Å². The van der Waals surface area contributed by atoms with Gasteiger partial charge in [-0.15, -0.1) is 0 Å². The molecule has 0 aliphatic heterocycles. The van der Waals surface area contributed by atoms with E-state index < -0.39 is 11.7 Å². The maximum Gasteiger partial charge on any atom is 0.416 e. The molecule has 3 aromatic rings. The highest BCUT2D eigenvalue weighted by Gasteiger charge is 2.29. The van der Waals surface area contributed by atoms with E-state index in [0.717, 1.165) is 47.5 Å². The fourth-order valence-corrected chi connectivity index (χ4v) is 2.77. The first kappa shape index (κ1) is 17.1. The van der Waals surface area contributed by atoms with Crippen molar-refractivity contribution in [1.29, 1.82) is 0 Å². The standard InChI is InChI=1S/C20H18F3NO/c1-25-19-9-6-16(14-17(19)10-13-24-11-2-3-12-24)15-4-7-18(8-5-15)20(21,22)23/h2-9,11-12,14H,10,13H2,1H3. The van der Waals surface area contributed by atoms with E-state index >= 15 is 0 Å². The lowest BCUT2D eigenvalue weighted by molar-refractivity contribution is -0.137. The van der Waals surface area contributed by atoms with Crippen LogP contribution in [0.5, 0.6) is 5.75 Å². The first-order valence-corrected chi connectivity index (χ1v) is 7.92. The van der Waals surface area contributed by atoms with Crippen LogP contribution in [0.1, 0.15) is 11.1 Å². The van der Waals surface area contributed by atoms with E-state index in [1.807, 2.05) is 42.7 Å². The second kappa shape index (κ2) is 7.05. The van der Waals surface area contributed by atoms with Gasteiger partial charge >= 0.3 is 6.18 Å². The summed E-state index contributed by atoms with van der Waals surface area (Å²) in [6, 6.07) is 14.9. The van der Waals surface area contributed by atoms with Crippen molar-refractivity contribution in [2.45, 2.75) is 19.1 Å². The van der Waals surface area contributed by atoms with E-state index in [9.17, 15) is 13.2 Å².